The number of carbonyl (C=O) groups is 1. The van der Waals surface area contributed by atoms with Crippen LogP contribution in [0.4, 0.5) is 5.69 Å². The Labute approximate surface area is 192 Å². The van der Waals surface area contributed by atoms with E-state index in [4.69, 9.17) is 15.8 Å². The zero-order valence-corrected chi connectivity index (χ0v) is 19.2. The summed E-state index contributed by atoms with van der Waals surface area (Å²) >= 11 is 1.21. The molecular formula is C23H26N6O2S. The standard InChI is InChI=1S/C23H26N6O2S/c1-4-31-20-10-7-18(8-11-20)22-26-27-23(29(22)25)32-15-21(30)28(13-5-12-24)19-9-6-16(2)17(3)14-19/h6-11,14H,4-5,13,15,25H2,1-3H3. The molecule has 0 aliphatic heterocycles. The first-order valence-corrected chi connectivity index (χ1v) is 11.2. The number of carbonyl (C=O) groups excluding carboxylic acids is 1. The first-order chi connectivity index (χ1) is 15.4. The highest BCUT2D eigenvalue weighted by Crippen LogP contribution is 2.25. The van der Waals surface area contributed by atoms with Gasteiger partial charge >= 0.3 is 0 Å². The quantitative estimate of drug-likeness (QED) is 0.391. The van der Waals surface area contributed by atoms with Crippen molar-refractivity contribution in [2.24, 2.45) is 0 Å². The number of ether oxygens (including phenoxy) is 1. The first-order valence-electron chi connectivity index (χ1n) is 10.3. The second-order valence-corrected chi connectivity index (χ2v) is 8.09. The number of rotatable bonds is 9. The number of nitrogen functional groups attached to an aromatic ring is 1. The van der Waals surface area contributed by atoms with Crippen molar-refractivity contribution in [3.8, 4) is 23.2 Å². The van der Waals surface area contributed by atoms with Gasteiger partial charge in [0.2, 0.25) is 11.1 Å². The summed E-state index contributed by atoms with van der Waals surface area (Å²) < 4.78 is 6.84. The lowest BCUT2D eigenvalue weighted by Crippen LogP contribution is -2.33. The van der Waals surface area contributed by atoms with Crippen molar-refractivity contribution in [3.63, 3.8) is 0 Å². The number of anilines is 1. The Morgan fingerprint density at radius 1 is 1.19 bits per heavy atom. The maximum Gasteiger partial charge on any atom is 0.237 e. The Morgan fingerprint density at radius 3 is 2.59 bits per heavy atom. The Balaban J connectivity index is 1.72. The molecular weight excluding hydrogens is 424 g/mol. The van der Waals surface area contributed by atoms with Gasteiger partial charge in [0.05, 0.1) is 24.8 Å². The Morgan fingerprint density at radius 2 is 1.94 bits per heavy atom. The van der Waals surface area contributed by atoms with E-state index in [0.29, 0.717) is 24.1 Å². The van der Waals surface area contributed by atoms with Gasteiger partial charge in [-0.2, -0.15) is 5.26 Å². The summed E-state index contributed by atoms with van der Waals surface area (Å²) in [6.07, 6.45) is 0.248. The summed E-state index contributed by atoms with van der Waals surface area (Å²) in [5.74, 6) is 7.46. The Bertz CT molecular complexity index is 1120. The summed E-state index contributed by atoms with van der Waals surface area (Å²) in [5.41, 5.74) is 3.81. The lowest BCUT2D eigenvalue weighted by molar-refractivity contribution is -0.116. The van der Waals surface area contributed by atoms with Crippen LogP contribution in [0.3, 0.4) is 0 Å². The van der Waals surface area contributed by atoms with E-state index in [9.17, 15) is 4.79 Å². The van der Waals surface area contributed by atoms with Gasteiger partial charge in [0, 0.05) is 17.8 Å². The molecule has 0 spiro atoms. The number of nitrogens with two attached hydrogens (primary N) is 1. The van der Waals surface area contributed by atoms with Crippen LogP contribution in [0.25, 0.3) is 11.4 Å². The summed E-state index contributed by atoms with van der Waals surface area (Å²) in [5, 5.41) is 17.7. The van der Waals surface area contributed by atoms with E-state index >= 15 is 0 Å². The molecule has 1 aromatic heterocycles. The van der Waals surface area contributed by atoms with Gasteiger partial charge < -0.3 is 15.5 Å². The molecule has 0 aliphatic rings. The van der Waals surface area contributed by atoms with E-state index < -0.39 is 0 Å². The van der Waals surface area contributed by atoms with Gasteiger partial charge in [-0.1, -0.05) is 17.8 Å². The number of hydrogen-bond donors (Lipinski definition) is 1. The fourth-order valence-electron chi connectivity index (χ4n) is 3.10. The summed E-state index contributed by atoms with van der Waals surface area (Å²) in [6, 6.07) is 15.4. The van der Waals surface area contributed by atoms with Crippen LogP contribution in [0.2, 0.25) is 0 Å². The number of amides is 1. The first kappa shape index (κ1) is 23.2. The van der Waals surface area contributed by atoms with Crippen LogP contribution < -0.4 is 15.5 Å². The van der Waals surface area contributed by atoms with Gasteiger partial charge in [-0.25, -0.2) is 4.68 Å². The average Bonchev–Trinajstić information content (AvgIpc) is 3.16. The van der Waals surface area contributed by atoms with Crippen molar-refractivity contribution in [3.05, 3.63) is 53.6 Å². The van der Waals surface area contributed by atoms with Crippen LogP contribution in [0, 0.1) is 25.2 Å². The van der Waals surface area contributed by atoms with Gasteiger partial charge in [-0.05, 0) is 68.3 Å². The van der Waals surface area contributed by atoms with Crippen LogP contribution in [-0.2, 0) is 4.79 Å². The summed E-state index contributed by atoms with van der Waals surface area (Å²) in [4.78, 5) is 14.6. The highest BCUT2D eigenvalue weighted by Gasteiger charge is 2.19. The van der Waals surface area contributed by atoms with Gasteiger partial charge in [-0.3, -0.25) is 4.79 Å². The van der Waals surface area contributed by atoms with Crippen LogP contribution in [0.5, 0.6) is 5.75 Å². The van der Waals surface area contributed by atoms with Gasteiger partial charge in [-0.15, -0.1) is 10.2 Å². The number of thioether (sulfide) groups is 1. The van der Waals surface area contributed by atoms with Crippen molar-refractivity contribution in [1.82, 2.24) is 14.9 Å². The number of aryl methyl sites for hydroxylation is 2. The van der Waals surface area contributed by atoms with Crippen LogP contribution >= 0.6 is 11.8 Å². The highest BCUT2D eigenvalue weighted by atomic mass is 32.2. The Kier molecular flexibility index (Phi) is 7.73. The molecule has 0 atom stereocenters. The van der Waals surface area contributed by atoms with Crippen LogP contribution in [0.1, 0.15) is 24.5 Å². The third-order valence-corrected chi connectivity index (χ3v) is 5.89. The van der Waals surface area contributed by atoms with Crippen molar-refractivity contribution in [2.75, 3.05) is 29.6 Å². The van der Waals surface area contributed by atoms with Gasteiger partial charge in [0.25, 0.3) is 0 Å². The predicted molar refractivity (Wildman–Crippen MR) is 126 cm³/mol. The van der Waals surface area contributed by atoms with Gasteiger partial charge in [0.1, 0.15) is 5.75 Å². The van der Waals surface area contributed by atoms with Crippen LogP contribution in [0.15, 0.2) is 47.6 Å². The SMILES string of the molecule is CCOc1ccc(-c2nnc(SCC(=O)N(CCC#N)c3ccc(C)c(C)c3)n2N)cc1. The monoisotopic (exact) mass is 450 g/mol. The minimum atomic E-state index is -0.126. The molecule has 166 valence electrons. The van der Waals surface area contributed by atoms with Gasteiger partial charge in [0.15, 0.2) is 5.82 Å². The molecule has 1 heterocycles. The van der Waals surface area contributed by atoms with Crippen molar-refractivity contribution < 1.29 is 9.53 Å². The molecule has 0 saturated heterocycles. The number of hydrogen-bond acceptors (Lipinski definition) is 7. The number of nitrogens with zero attached hydrogens (tertiary/aromatic N) is 5. The lowest BCUT2D eigenvalue weighted by Gasteiger charge is -2.22. The summed E-state index contributed by atoms with van der Waals surface area (Å²) in [7, 11) is 0. The second-order valence-electron chi connectivity index (χ2n) is 7.14. The van der Waals surface area contributed by atoms with E-state index in [0.717, 1.165) is 28.1 Å². The second kappa shape index (κ2) is 10.7. The third kappa shape index (κ3) is 5.39. The number of nitriles is 1. The van der Waals surface area contributed by atoms with E-state index in [-0.39, 0.29) is 18.1 Å². The molecule has 3 aromatic rings. The van der Waals surface area contributed by atoms with E-state index in [2.05, 4.69) is 16.3 Å². The van der Waals surface area contributed by atoms with Crippen LogP contribution in [-0.4, -0.2) is 39.7 Å². The van der Waals surface area contributed by atoms with E-state index in [1.165, 1.54) is 16.4 Å². The lowest BCUT2D eigenvalue weighted by atomic mass is 10.1. The van der Waals surface area contributed by atoms with Crippen molar-refractivity contribution in [1.29, 1.82) is 5.26 Å². The maximum atomic E-state index is 13.0. The molecule has 8 nitrogen and oxygen atoms in total. The molecule has 0 saturated carbocycles. The van der Waals surface area contributed by atoms with Crippen molar-refractivity contribution >= 4 is 23.4 Å². The molecule has 0 radical (unpaired) electrons. The molecule has 9 heteroatoms. The molecule has 0 aliphatic carbocycles. The average molecular weight is 451 g/mol. The largest absolute Gasteiger partial charge is 0.494 e. The predicted octanol–water partition coefficient (Wildman–Crippen LogP) is 3.71. The molecule has 2 N–H and O–H groups in total. The van der Waals surface area contributed by atoms with E-state index in [1.54, 1.807) is 4.90 Å². The zero-order valence-electron chi connectivity index (χ0n) is 18.4. The molecule has 0 bridgehead atoms. The maximum absolute atomic E-state index is 13.0. The zero-order chi connectivity index (χ0) is 23.1. The smallest absolute Gasteiger partial charge is 0.237 e. The molecule has 0 unspecified atom stereocenters. The number of aromatic nitrogens is 3. The fourth-order valence-corrected chi connectivity index (χ4v) is 3.83. The van der Waals surface area contributed by atoms with E-state index in [1.807, 2.05) is 63.2 Å². The summed E-state index contributed by atoms with van der Waals surface area (Å²) in [6.45, 7) is 6.86. The molecule has 2 aromatic carbocycles. The number of benzene rings is 2. The minimum absolute atomic E-state index is 0.122. The fraction of sp³-hybridized carbons (Fsp3) is 0.304. The third-order valence-electron chi connectivity index (χ3n) is 4.96. The minimum Gasteiger partial charge on any atom is -0.494 e. The molecule has 3 rings (SSSR count). The molecule has 1 amide bonds. The molecule has 0 fully saturated rings. The molecule has 32 heavy (non-hydrogen) atoms. The highest BCUT2D eigenvalue weighted by molar-refractivity contribution is 7.99. The normalized spacial score (nSPS) is 10.6. The van der Waals surface area contributed by atoms with Crippen molar-refractivity contribution in [2.45, 2.75) is 32.3 Å². The Hall–Kier alpha value is -3.51. The topological polar surface area (TPSA) is 110 Å².